The second-order valence-corrected chi connectivity index (χ2v) is 7.08. The minimum Gasteiger partial charge on any atom is -0.378 e. The van der Waals surface area contributed by atoms with Crippen LogP contribution in [0.5, 0.6) is 0 Å². The van der Waals surface area contributed by atoms with Gasteiger partial charge in [0.05, 0.1) is 5.69 Å². The molecule has 2 aromatic carbocycles. The molecule has 0 atom stereocenters. The number of carbonyl (C=O) groups excluding carboxylic acids is 2. The molecule has 0 aliphatic rings. The van der Waals surface area contributed by atoms with Gasteiger partial charge in [-0.3, -0.25) is 9.59 Å². The first-order valence-electron chi connectivity index (χ1n) is 9.23. The van der Waals surface area contributed by atoms with Crippen molar-refractivity contribution in [1.29, 1.82) is 0 Å². The van der Waals surface area contributed by atoms with Crippen molar-refractivity contribution in [3.05, 3.63) is 89.2 Å². The van der Waals surface area contributed by atoms with Crippen LogP contribution in [0.4, 0.5) is 5.69 Å². The van der Waals surface area contributed by atoms with E-state index >= 15 is 0 Å². The van der Waals surface area contributed by atoms with Gasteiger partial charge in [0.15, 0.2) is 0 Å². The van der Waals surface area contributed by atoms with Crippen molar-refractivity contribution in [3.8, 4) is 0 Å². The van der Waals surface area contributed by atoms with Crippen molar-refractivity contribution in [2.75, 3.05) is 19.0 Å². The van der Waals surface area contributed by atoms with Crippen LogP contribution in [-0.2, 0) is 17.9 Å². The van der Waals surface area contributed by atoms with Gasteiger partial charge in [-0.1, -0.05) is 42.0 Å². The van der Waals surface area contributed by atoms with E-state index in [2.05, 4.69) is 5.32 Å². The molecular formula is C23H25N3O2. The van der Waals surface area contributed by atoms with Gasteiger partial charge in [-0.2, -0.15) is 0 Å². The van der Waals surface area contributed by atoms with E-state index in [9.17, 15) is 9.59 Å². The van der Waals surface area contributed by atoms with Gasteiger partial charge in [0.25, 0.3) is 11.7 Å². The van der Waals surface area contributed by atoms with Crippen molar-refractivity contribution in [3.63, 3.8) is 0 Å². The topological polar surface area (TPSA) is 54.3 Å². The molecule has 0 saturated heterocycles. The number of Topliss-reactive ketones (excluding diaryl/α,β-unsaturated/α-hetero) is 1. The number of nitrogens with zero attached hydrogens (tertiary/aromatic N) is 2. The van der Waals surface area contributed by atoms with Crippen molar-refractivity contribution in [2.24, 2.45) is 0 Å². The first-order valence-corrected chi connectivity index (χ1v) is 9.23. The molecule has 1 amide bonds. The van der Waals surface area contributed by atoms with Crippen LogP contribution in [-0.4, -0.2) is 30.4 Å². The quantitative estimate of drug-likeness (QED) is 0.509. The predicted octanol–water partition coefficient (Wildman–Crippen LogP) is 3.41. The number of aryl methyl sites for hydroxylation is 1. The third-order valence-electron chi connectivity index (χ3n) is 4.65. The lowest BCUT2D eigenvalue weighted by Crippen LogP contribution is -2.32. The number of amides is 1. The van der Waals surface area contributed by atoms with E-state index in [0.29, 0.717) is 18.8 Å². The molecule has 3 aromatic rings. The van der Waals surface area contributed by atoms with Crippen LogP contribution < -0.4 is 10.2 Å². The lowest BCUT2D eigenvalue weighted by Gasteiger charge is -2.13. The molecule has 0 fully saturated rings. The molecule has 3 rings (SSSR count). The summed E-state index contributed by atoms with van der Waals surface area (Å²) in [5, 5.41) is 2.72. The minimum absolute atomic E-state index is 0.316. The number of hydrogen-bond donors (Lipinski definition) is 1. The maximum absolute atomic E-state index is 12.6. The van der Waals surface area contributed by atoms with E-state index in [1.165, 1.54) is 5.56 Å². The Labute approximate surface area is 165 Å². The lowest BCUT2D eigenvalue weighted by molar-refractivity contribution is -0.117. The van der Waals surface area contributed by atoms with Crippen LogP contribution in [0, 0.1) is 6.92 Å². The average Bonchev–Trinajstić information content (AvgIpc) is 3.15. The molecular weight excluding hydrogens is 350 g/mol. The second-order valence-electron chi connectivity index (χ2n) is 7.08. The summed E-state index contributed by atoms with van der Waals surface area (Å²) < 4.78 is 1.80. The van der Waals surface area contributed by atoms with E-state index in [1.807, 2.05) is 80.6 Å². The number of anilines is 1. The van der Waals surface area contributed by atoms with E-state index in [4.69, 9.17) is 0 Å². The molecule has 0 bridgehead atoms. The highest BCUT2D eigenvalue weighted by atomic mass is 16.2. The average molecular weight is 375 g/mol. The standard InChI is InChI=1S/C23H25N3O2/c1-17-6-8-19(9-7-17)16-26-14-4-5-21(26)22(27)23(28)24-15-18-10-12-20(13-11-18)25(2)3/h4-14H,15-16H2,1-3H3,(H,24,28). The largest absolute Gasteiger partial charge is 0.378 e. The van der Waals surface area contributed by atoms with Crippen molar-refractivity contribution < 1.29 is 9.59 Å². The summed E-state index contributed by atoms with van der Waals surface area (Å²) in [6.07, 6.45) is 1.82. The van der Waals surface area contributed by atoms with E-state index < -0.39 is 11.7 Å². The van der Waals surface area contributed by atoms with Gasteiger partial charge in [-0.05, 0) is 42.3 Å². The highest BCUT2D eigenvalue weighted by Gasteiger charge is 2.19. The molecule has 0 aliphatic heterocycles. The first-order chi connectivity index (χ1) is 13.4. The van der Waals surface area contributed by atoms with Gasteiger partial charge in [0.1, 0.15) is 0 Å². The maximum atomic E-state index is 12.6. The monoisotopic (exact) mass is 375 g/mol. The van der Waals surface area contributed by atoms with E-state index in [0.717, 1.165) is 16.8 Å². The fourth-order valence-electron chi connectivity index (χ4n) is 2.94. The minimum atomic E-state index is -0.597. The zero-order chi connectivity index (χ0) is 20.1. The van der Waals surface area contributed by atoms with Gasteiger partial charge in [0, 0.05) is 39.1 Å². The third-order valence-corrected chi connectivity index (χ3v) is 4.65. The molecule has 0 radical (unpaired) electrons. The summed E-state index contributed by atoms with van der Waals surface area (Å²) in [6.45, 7) is 2.90. The molecule has 0 spiro atoms. The normalized spacial score (nSPS) is 10.5. The number of hydrogen-bond acceptors (Lipinski definition) is 3. The number of benzene rings is 2. The fourth-order valence-corrected chi connectivity index (χ4v) is 2.94. The Hall–Kier alpha value is -3.34. The Morgan fingerprint density at radius 3 is 2.21 bits per heavy atom. The smallest absolute Gasteiger partial charge is 0.294 e. The Morgan fingerprint density at radius 2 is 1.57 bits per heavy atom. The van der Waals surface area contributed by atoms with Crippen LogP contribution in [0.2, 0.25) is 0 Å². The van der Waals surface area contributed by atoms with Crippen LogP contribution in [0.15, 0.2) is 66.9 Å². The summed E-state index contributed by atoms with van der Waals surface area (Å²) in [6, 6.07) is 19.5. The summed E-state index contributed by atoms with van der Waals surface area (Å²) in [7, 11) is 3.95. The van der Waals surface area contributed by atoms with Crippen LogP contribution in [0.3, 0.4) is 0 Å². The Kier molecular flexibility index (Phi) is 5.94. The molecule has 1 aromatic heterocycles. The molecule has 5 nitrogen and oxygen atoms in total. The highest BCUT2D eigenvalue weighted by molar-refractivity contribution is 6.42. The number of rotatable bonds is 7. The molecule has 144 valence electrons. The number of ketones is 1. The van der Waals surface area contributed by atoms with E-state index in [-0.39, 0.29) is 0 Å². The molecule has 0 aliphatic carbocycles. The maximum Gasteiger partial charge on any atom is 0.294 e. The zero-order valence-corrected chi connectivity index (χ0v) is 16.5. The first kappa shape index (κ1) is 19.4. The number of aromatic nitrogens is 1. The Bertz CT molecular complexity index is 954. The second kappa shape index (κ2) is 8.57. The molecule has 0 saturated carbocycles. The molecule has 28 heavy (non-hydrogen) atoms. The van der Waals surface area contributed by atoms with Gasteiger partial charge in [0.2, 0.25) is 0 Å². The third kappa shape index (κ3) is 4.68. The highest BCUT2D eigenvalue weighted by Crippen LogP contribution is 2.13. The predicted molar refractivity (Wildman–Crippen MR) is 112 cm³/mol. The van der Waals surface area contributed by atoms with Crippen molar-refractivity contribution in [2.45, 2.75) is 20.0 Å². The molecule has 1 N–H and O–H groups in total. The van der Waals surface area contributed by atoms with Crippen LogP contribution >= 0.6 is 0 Å². The summed E-state index contributed by atoms with van der Waals surface area (Å²) >= 11 is 0. The SMILES string of the molecule is Cc1ccc(Cn2cccc2C(=O)C(=O)NCc2ccc(N(C)C)cc2)cc1. The zero-order valence-electron chi connectivity index (χ0n) is 16.5. The summed E-state index contributed by atoms with van der Waals surface area (Å²) in [5.74, 6) is -1.12. The number of carbonyl (C=O) groups is 2. The summed E-state index contributed by atoms with van der Waals surface area (Å²) in [4.78, 5) is 27.0. The molecule has 5 heteroatoms. The van der Waals surface area contributed by atoms with Gasteiger partial charge in [-0.25, -0.2) is 0 Å². The molecule has 0 unspecified atom stereocenters. The summed E-state index contributed by atoms with van der Waals surface area (Å²) in [5.41, 5.74) is 4.69. The van der Waals surface area contributed by atoms with Gasteiger partial charge >= 0.3 is 0 Å². The van der Waals surface area contributed by atoms with Crippen LogP contribution in [0.1, 0.15) is 27.2 Å². The fraction of sp³-hybridized carbons (Fsp3) is 0.217. The van der Waals surface area contributed by atoms with E-state index in [1.54, 1.807) is 16.7 Å². The van der Waals surface area contributed by atoms with Crippen LogP contribution in [0.25, 0.3) is 0 Å². The lowest BCUT2D eigenvalue weighted by atomic mass is 10.1. The van der Waals surface area contributed by atoms with Gasteiger partial charge < -0.3 is 14.8 Å². The molecule has 1 heterocycles. The van der Waals surface area contributed by atoms with Gasteiger partial charge in [-0.15, -0.1) is 0 Å². The number of nitrogens with one attached hydrogen (secondary N) is 1. The Morgan fingerprint density at radius 1 is 0.929 bits per heavy atom. The van der Waals surface area contributed by atoms with Crippen molar-refractivity contribution in [1.82, 2.24) is 9.88 Å². The Balaban J connectivity index is 1.63. The van der Waals surface area contributed by atoms with Crippen molar-refractivity contribution >= 4 is 17.4 Å².